The van der Waals surface area contributed by atoms with Crippen LogP contribution in [-0.2, 0) is 11.3 Å². The van der Waals surface area contributed by atoms with E-state index in [1.54, 1.807) is 42.5 Å². The van der Waals surface area contributed by atoms with Gasteiger partial charge in [-0.25, -0.2) is 4.79 Å². The molecule has 7 nitrogen and oxygen atoms in total. The van der Waals surface area contributed by atoms with Gasteiger partial charge in [-0.1, -0.05) is 61.5 Å². The first kappa shape index (κ1) is 28.1. The molecule has 0 aromatic heterocycles. The highest BCUT2D eigenvalue weighted by Gasteiger charge is 2.22. The van der Waals surface area contributed by atoms with Gasteiger partial charge in [0.25, 0.3) is 5.91 Å². The van der Waals surface area contributed by atoms with Gasteiger partial charge in [-0.05, 0) is 88.5 Å². The number of carbonyl (C=O) groups excluding carboxylic acids is 2. The molecule has 7 heteroatoms. The van der Waals surface area contributed by atoms with Crippen molar-refractivity contribution in [1.82, 2.24) is 0 Å². The second-order valence-corrected chi connectivity index (χ2v) is 9.81. The number of anilines is 1. The fourth-order valence-corrected chi connectivity index (χ4v) is 4.62. The van der Waals surface area contributed by atoms with E-state index < -0.39 is 5.97 Å². The second-order valence-electron chi connectivity index (χ2n) is 9.81. The Balaban J connectivity index is 1.57. The van der Waals surface area contributed by atoms with Crippen LogP contribution in [0.1, 0.15) is 45.2 Å². The lowest BCUT2D eigenvalue weighted by Crippen LogP contribution is -2.15. The zero-order valence-corrected chi connectivity index (χ0v) is 23.2. The van der Waals surface area contributed by atoms with Crippen LogP contribution in [0, 0.1) is 5.41 Å². The largest absolute Gasteiger partial charge is 0.494 e. The molecule has 0 heterocycles. The number of fused-ring (bicyclic) bond motifs is 1. The summed E-state index contributed by atoms with van der Waals surface area (Å²) < 4.78 is 11.6. The molecule has 0 fully saturated rings. The molecule has 0 radical (unpaired) electrons. The zero-order valence-electron chi connectivity index (χ0n) is 23.2. The number of nitrogens with two attached hydrogens (primary N) is 1. The molecule has 4 N–H and O–H groups in total. The molecule has 210 valence electrons. The quantitative estimate of drug-likeness (QED) is 0.0955. The van der Waals surface area contributed by atoms with E-state index >= 15 is 0 Å². The average molecular weight is 558 g/mol. The Morgan fingerprint density at radius 1 is 0.786 bits per heavy atom. The molecule has 42 heavy (non-hydrogen) atoms. The summed E-state index contributed by atoms with van der Waals surface area (Å²) in [6.07, 6.45) is 0.817. The predicted octanol–water partition coefficient (Wildman–Crippen LogP) is 7.19. The molecular formula is C35H31N3O4. The van der Waals surface area contributed by atoms with Crippen molar-refractivity contribution in [2.24, 2.45) is 5.73 Å². The number of amidine groups is 1. The van der Waals surface area contributed by atoms with Crippen molar-refractivity contribution in [2.75, 3.05) is 11.9 Å². The summed E-state index contributed by atoms with van der Waals surface area (Å²) in [6.45, 7) is 2.63. The van der Waals surface area contributed by atoms with Crippen LogP contribution in [0.15, 0.2) is 109 Å². The monoisotopic (exact) mass is 557 g/mol. The highest BCUT2D eigenvalue weighted by Crippen LogP contribution is 2.34. The molecule has 0 saturated heterocycles. The van der Waals surface area contributed by atoms with Gasteiger partial charge in [0.1, 0.15) is 18.2 Å². The fourth-order valence-electron chi connectivity index (χ4n) is 4.62. The Labute approximate surface area is 244 Å². The van der Waals surface area contributed by atoms with Crippen molar-refractivity contribution in [3.8, 4) is 16.9 Å². The van der Waals surface area contributed by atoms with E-state index in [0.29, 0.717) is 45.9 Å². The van der Waals surface area contributed by atoms with Gasteiger partial charge < -0.3 is 20.5 Å². The van der Waals surface area contributed by atoms with Gasteiger partial charge in [0.2, 0.25) is 0 Å². The lowest BCUT2D eigenvalue weighted by Gasteiger charge is -2.17. The average Bonchev–Trinajstić information content (AvgIpc) is 3.02. The Morgan fingerprint density at radius 2 is 1.48 bits per heavy atom. The van der Waals surface area contributed by atoms with E-state index in [-0.39, 0.29) is 18.3 Å². The standard InChI is InChI=1S/C35H31N3O4/c1-2-18-41-28-16-17-29(32(21-28)35(40)42-22-23-8-4-3-5-9-23)30-19-25-10-6-7-11-26(25)20-31(30)34(39)38-27-14-12-24(13-15-27)33(36)37/h3-17,19-21H,2,18,22H2,1H3,(H3,36,37)(H,38,39). The number of hydrogen-bond donors (Lipinski definition) is 3. The van der Waals surface area contributed by atoms with Crippen molar-refractivity contribution in [3.05, 3.63) is 131 Å². The molecule has 0 unspecified atom stereocenters. The van der Waals surface area contributed by atoms with Gasteiger partial charge in [0, 0.05) is 16.8 Å². The predicted molar refractivity (Wildman–Crippen MR) is 166 cm³/mol. The minimum absolute atomic E-state index is 0.0530. The number of ether oxygens (including phenoxy) is 2. The van der Waals surface area contributed by atoms with Crippen molar-refractivity contribution >= 4 is 34.2 Å². The number of esters is 1. The SMILES string of the molecule is CCCOc1ccc(-c2cc3ccccc3cc2C(=O)Nc2ccc(C(=N)N)cc2)c(C(=O)OCc2ccccc2)c1. The van der Waals surface area contributed by atoms with Crippen LogP contribution in [-0.4, -0.2) is 24.3 Å². The van der Waals surface area contributed by atoms with Crippen molar-refractivity contribution in [1.29, 1.82) is 5.41 Å². The van der Waals surface area contributed by atoms with Crippen molar-refractivity contribution < 1.29 is 19.1 Å². The molecule has 5 rings (SSSR count). The third kappa shape index (κ3) is 6.47. The van der Waals surface area contributed by atoms with Gasteiger partial charge in [0.15, 0.2) is 0 Å². The number of benzene rings is 5. The lowest BCUT2D eigenvalue weighted by atomic mass is 9.91. The maximum atomic E-state index is 13.8. The Morgan fingerprint density at radius 3 is 2.17 bits per heavy atom. The summed E-state index contributed by atoms with van der Waals surface area (Å²) in [7, 11) is 0. The number of amides is 1. The molecule has 0 spiro atoms. The topological polar surface area (TPSA) is 115 Å². The molecule has 0 aliphatic rings. The van der Waals surface area contributed by atoms with Gasteiger partial charge in [-0.2, -0.15) is 0 Å². The smallest absolute Gasteiger partial charge is 0.339 e. The number of carbonyl (C=O) groups is 2. The first-order valence-corrected chi connectivity index (χ1v) is 13.7. The molecular weight excluding hydrogens is 526 g/mol. The summed E-state index contributed by atoms with van der Waals surface area (Å²) in [5.41, 5.74) is 9.38. The number of nitrogen functional groups attached to an aromatic ring is 1. The summed E-state index contributed by atoms with van der Waals surface area (Å²) in [4.78, 5) is 27.3. The normalized spacial score (nSPS) is 10.7. The van der Waals surface area contributed by atoms with Crippen LogP contribution >= 0.6 is 0 Å². The second kappa shape index (κ2) is 12.8. The van der Waals surface area contributed by atoms with Crippen LogP contribution in [0.25, 0.3) is 21.9 Å². The van der Waals surface area contributed by atoms with E-state index in [9.17, 15) is 9.59 Å². The minimum atomic E-state index is -0.518. The number of hydrogen-bond acceptors (Lipinski definition) is 5. The number of rotatable bonds is 10. The lowest BCUT2D eigenvalue weighted by molar-refractivity contribution is 0.0473. The highest BCUT2D eigenvalue weighted by atomic mass is 16.5. The van der Waals surface area contributed by atoms with Crippen LogP contribution in [0.4, 0.5) is 5.69 Å². The van der Waals surface area contributed by atoms with E-state index in [2.05, 4.69) is 5.32 Å². The van der Waals surface area contributed by atoms with Crippen LogP contribution < -0.4 is 15.8 Å². The van der Waals surface area contributed by atoms with E-state index in [0.717, 1.165) is 22.8 Å². The summed E-state index contributed by atoms with van der Waals surface area (Å²) in [5, 5.41) is 12.4. The van der Waals surface area contributed by atoms with E-state index in [4.69, 9.17) is 20.6 Å². The third-order valence-electron chi connectivity index (χ3n) is 6.77. The molecule has 1 amide bonds. The number of nitrogens with one attached hydrogen (secondary N) is 2. The first-order chi connectivity index (χ1) is 20.4. The van der Waals surface area contributed by atoms with Gasteiger partial charge >= 0.3 is 5.97 Å². The maximum absolute atomic E-state index is 13.8. The molecule has 5 aromatic carbocycles. The highest BCUT2D eigenvalue weighted by molar-refractivity contribution is 6.13. The first-order valence-electron chi connectivity index (χ1n) is 13.7. The fraction of sp³-hybridized carbons (Fsp3) is 0.114. The van der Waals surface area contributed by atoms with Gasteiger partial charge in [0.05, 0.1) is 12.2 Å². The maximum Gasteiger partial charge on any atom is 0.339 e. The Hall–Kier alpha value is -5.43. The van der Waals surface area contributed by atoms with Crippen molar-refractivity contribution in [3.63, 3.8) is 0 Å². The van der Waals surface area contributed by atoms with Crippen LogP contribution in [0.2, 0.25) is 0 Å². The molecule has 0 atom stereocenters. The van der Waals surface area contributed by atoms with Crippen molar-refractivity contribution in [2.45, 2.75) is 20.0 Å². The van der Waals surface area contributed by atoms with Gasteiger partial charge in [-0.15, -0.1) is 0 Å². The van der Waals surface area contributed by atoms with E-state index in [1.165, 1.54) is 0 Å². The summed E-state index contributed by atoms with van der Waals surface area (Å²) in [5.74, 6) is -0.372. The van der Waals surface area contributed by atoms with Crippen LogP contribution in [0.3, 0.4) is 0 Å². The van der Waals surface area contributed by atoms with Crippen LogP contribution in [0.5, 0.6) is 5.75 Å². The summed E-state index contributed by atoms with van der Waals surface area (Å²) >= 11 is 0. The third-order valence-corrected chi connectivity index (χ3v) is 6.77. The minimum Gasteiger partial charge on any atom is -0.494 e. The van der Waals surface area contributed by atoms with E-state index in [1.807, 2.05) is 73.7 Å². The Kier molecular flexibility index (Phi) is 8.58. The molecule has 0 saturated carbocycles. The zero-order chi connectivity index (χ0) is 29.5. The molecule has 0 aliphatic carbocycles. The molecule has 5 aromatic rings. The Bertz CT molecular complexity index is 1750. The summed E-state index contributed by atoms with van der Waals surface area (Å²) in [6, 6.07) is 33.0. The molecule has 0 aliphatic heterocycles. The molecule has 0 bridgehead atoms. The van der Waals surface area contributed by atoms with Gasteiger partial charge in [-0.3, -0.25) is 10.2 Å².